The zero-order valence-electron chi connectivity index (χ0n) is 16.0. The Morgan fingerprint density at radius 2 is 1.09 bits per heavy atom. The van der Waals surface area contributed by atoms with Crippen LogP contribution in [-0.4, -0.2) is 30.7 Å². The van der Waals surface area contributed by atoms with E-state index in [1.165, 1.54) is 101 Å². The molecule has 1 unspecified atom stereocenters. The lowest BCUT2D eigenvalue weighted by Gasteiger charge is -2.37. The maximum absolute atomic E-state index is 3.99. The van der Waals surface area contributed by atoms with E-state index >= 15 is 0 Å². The Labute approximate surface area is 141 Å². The van der Waals surface area contributed by atoms with Crippen LogP contribution in [0.3, 0.4) is 0 Å². The maximum Gasteiger partial charge on any atom is 0.0971 e. The minimum atomic E-state index is 1.16. The van der Waals surface area contributed by atoms with Crippen molar-refractivity contribution in [3.8, 4) is 0 Å². The number of hydrogen-bond donors (Lipinski definition) is 0. The fraction of sp³-hybridized carbons (Fsp3) is 0.905. The molecule has 0 radical (unpaired) electrons. The smallest absolute Gasteiger partial charge is 0.0971 e. The van der Waals surface area contributed by atoms with Gasteiger partial charge in [-0.2, -0.15) is 0 Å². The van der Waals surface area contributed by atoms with Crippen LogP contribution in [0, 0.1) is 0 Å². The van der Waals surface area contributed by atoms with Crippen molar-refractivity contribution in [2.75, 3.05) is 26.2 Å². The van der Waals surface area contributed by atoms with Gasteiger partial charge in [0.2, 0.25) is 0 Å². The summed E-state index contributed by atoms with van der Waals surface area (Å²) in [5.74, 6) is 0. The van der Waals surface area contributed by atoms with E-state index in [4.69, 9.17) is 0 Å². The Morgan fingerprint density at radius 3 is 1.55 bits per heavy atom. The molecular weight excluding hydrogens is 266 g/mol. The second-order valence-electron chi connectivity index (χ2n) is 7.11. The molecule has 0 aliphatic carbocycles. The second-order valence-corrected chi connectivity index (χ2v) is 7.11. The lowest BCUT2D eigenvalue weighted by atomic mass is 10.1. The number of unbranched alkanes of at least 4 members (excludes halogenated alkanes) is 10. The molecule has 1 nitrogen and oxygen atoms in total. The molecule has 132 valence electrons. The molecule has 0 amide bonds. The fourth-order valence-electron chi connectivity index (χ4n) is 3.44. The van der Waals surface area contributed by atoms with Crippen molar-refractivity contribution in [3.63, 3.8) is 0 Å². The van der Waals surface area contributed by atoms with Gasteiger partial charge in [0.15, 0.2) is 0 Å². The van der Waals surface area contributed by atoms with Gasteiger partial charge >= 0.3 is 0 Å². The lowest BCUT2D eigenvalue weighted by Crippen LogP contribution is -2.49. The van der Waals surface area contributed by atoms with Crippen LogP contribution in [-0.2, 0) is 0 Å². The van der Waals surface area contributed by atoms with Crippen LogP contribution in [0.2, 0.25) is 0 Å². The van der Waals surface area contributed by atoms with Gasteiger partial charge in [-0.05, 0) is 32.3 Å². The molecule has 0 bridgehead atoms. The molecule has 22 heavy (non-hydrogen) atoms. The van der Waals surface area contributed by atoms with E-state index in [0.29, 0.717) is 0 Å². The molecule has 0 spiro atoms. The van der Waals surface area contributed by atoms with Crippen molar-refractivity contribution in [1.82, 2.24) is 0 Å². The van der Waals surface area contributed by atoms with Gasteiger partial charge in [-0.3, -0.25) is 0 Å². The van der Waals surface area contributed by atoms with Gasteiger partial charge in [0.25, 0.3) is 0 Å². The van der Waals surface area contributed by atoms with E-state index in [1.54, 1.807) is 0 Å². The summed E-state index contributed by atoms with van der Waals surface area (Å²) in [4.78, 5) is 0. The minimum Gasteiger partial charge on any atom is -0.321 e. The average Bonchev–Trinajstić information content (AvgIpc) is 2.54. The van der Waals surface area contributed by atoms with Crippen molar-refractivity contribution in [1.29, 1.82) is 0 Å². The quantitative estimate of drug-likeness (QED) is 0.159. The fourth-order valence-corrected chi connectivity index (χ4v) is 3.44. The van der Waals surface area contributed by atoms with Crippen LogP contribution < -0.4 is 0 Å². The molecule has 0 fully saturated rings. The highest BCUT2D eigenvalue weighted by Crippen LogP contribution is 2.15. The molecule has 0 heterocycles. The van der Waals surface area contributed by atoms with E-state index in [9.17, 15) is 0 Å². The van der Waals surface area contributed by atoms with Gasteiger partial charge in [-0.1, -0.05) is 78.2 Å². The molecule has 0 rings (SSSR count). The molecule has 0 aromatic rings. The van der Waals surface area contributed by atoms with Crippen LogP contribution in [0.25, 0.3) is 0 Å². The van der Waals surface area contributed by atoms with Crippen LogP contribution in [0.5, 0.6) is 0 Å². The third-order valence-corrected chi connectivity index (χ3v) is 5.16. The molecule has 0 aliphatic rings. The predicted molar refractivity (Wildman–Crippen MR) is 102 cm³/mol. The maximum atomic E-state index is 3.99. The van der Waals surface area contributed by atoms with Crippen molar-refractivity contribution >= 4 is 0 Å². The topological polar surface area (TPSA) is 0 Å². The molecule has 0 aromatic carbocycles. The van der Waals surface area contributed by atoms with E-state index < -0.39 is 0 Å². The highest BCUT2D eigenvalue weighted by atomic mass is 15.3. The number of likely N-dealkylation sites (N-methyl/N-ethyl adjacent to an activating group) is 1. The summed E-state index contributed by atoms with van der Waals surface area (Å²) in [5, 5.41) is 0. The zero-order chi connectivity index (χ0) is 16.5. The van der Waals surface area contributed by atoms with Crippen molar-refractivity contribution in [3.05, 3.63) is 12.7 Å². The molecule has 0 N–H and O–H groups in total. The molecule has 0 saturated heterocycles. The monoisotopic (exact) mass is 310 g/mol. The number of hydrogen-bond acceptors (Lipinski definition) is 0. The highest BCUT2D eigenvalue weighted by molar-refractivity contribution is 4.66. The van der Waals surface area contributed by atoms with Crippen LogP contribution in [0.1, 0.15) is 97.8 Å². The third-order valence-electron chi connectivity index (χ3n) is 5.16. The predicted octanol–water partition coefficient (Wildman–Crippen LogP) is 6.73. The Morgan fingerprint density at radius 1 is 0.636 bits per heavy atom. The van der Waals surface area contributed by atoms with Crippen molar-refractivity contribution in [2.45, 2.75) is 97.8 Å². The van der Waals surface area contributed by atoms with E-state index in [1.807, 2.05) is 0 Å². The first-order valence-corrected chi connectivity index (χ1v) is 10.2. The molecular formula is C21H44N+. The largest absolute Gasteiger partial charge is 0.321 e. The number of nitrogens with zero attached hydrogens (tertiary/aromatic N) is 1. The van der Waals surface area contributed by atoms with E-state index in [0.717, 1.165) is 6.54 Å². The van der Waals surface area contributed by atoms with E-state index in [-0.39, 0.29) is 0 Å². The number of quaternary nitrogens is 1. The highest BCUT2D eigenvalue weighted by Gasteiger charge is 2.22. The van der Waals surface area contributed by atoms with E-state index in [2.05, 4.69) is 33.4 Å². The molecule has 1 heteroatoms. The molecule has 0 aliphatic heterocycles. The standard InChI is InChI=1S/C21H44N/c1-5-9-11-12-13-14-15-16-17-18-21-22(8-4,19-7-3)20-10-6-2/h7H,3,5-6,8-21H2,1-2,4H3/q+1. The van der Waals surface area contributed by atoms with Gasteiger partial charge in [0.05, 0.1) is 26.2 Å². The Balaban J connectivity index is 3.68. The normalized spacial score (nSPS) is 14.0. The Bertz CT molecular complexity index is 236. The Kier molecular flexibility index (Phi) is 15.4. The Hall–Kier alpha value is -0.300. The van der Waals surface area contributed by atoms with Crippen molar-refractivity contribution < 1.29 is 4.48 Å². The summed E-state index contributed by atoms with van der Waals surface area (Å²) >= 11 is 0. The first-order chi connectivity index (χ1) is 10.7. The lowest BCUT2D eigenvalue weighted by molar-refractivity contribution is -0.921. The summed E-state index contributed by atoms with van der Waals surface area (Å²) in [5.41, 5.74) is 0. The van der Waals surface area contributed by atoms with Gasteiger partial charge < -0.3 is 4.48 Å². The zero-order valence-corrected chi connectivity index (χ0v) is 16.0. The van der Waals surface area contributed by atoms with Gasteiger partial charge in [0.1, 0.15) is 0 Å². The first kappa shape index (κ1) is 21.7. The second kappa shape index (κ2) is 15.6. The third kappa shape index (κ3) is 11.3. The number of rotatable bonds is 17. The van der Waals surface area contributed by atoms with Gasteiger partial charge in [-0.15, -0.1) is 0 Å². The van der Waals surface area contributed by atoms with Gasteiger partial charge in [-0.25, -0.2) is 0 Å². The van der Waals surface area contributed by atoms with Gasteiger partial charge in [0, 0.05) is 0 Å². The van der Waals surface area contributed by atoms with Crippen LogP contribution in [0.15, 0.2) is 12.7 Å². The first-order valence-electron chi connectivity index (χ1n) is 10.2. The SMILES string of the molecule is C=CC[N+](CC)(CCCC)CCCCCCCCCCCC. The average molecular weight is 311 g/mol. The van der Waals surface area contributed by atoms with Crippen LogP contribution >= 0.6 is 0 Å². The van der Waals surface area contributed by atoms with Crippen molar-refractivity contribution in [2.24, 2.45) is 0 Å². The summed E-state index contributed by atoms with van der Waals surface area (Å²) in [6.45, 7) is 16.1. The summed E-state index contributed by atoms with van der Waals surface area (Å²) in [6, 6.07) is 0. The molecule has 1 atom stereocenters. The molecule has 0 aromatic heterocycles. The summed E-state index contributed by atoms with van der Waals surface area (Å²) in [6.07, 6.45) is 19.2. The van der Waals surface area contributed by atoms with Crippen LogP contribution in [0.4, 0.5) is 0 Å². The molecule has 0 saturated carbocycles. The minimum absolute atomic E-state index is 1.16. The summed E-state index contributed by atoms with van der Waals surface area (Å²) < 4.78 is 1.27. The summed E-state index contributed by atoms with van der Waals surface area (Å²) in [7, 11) is 0.